The minimum absolute atomic E-state index is 0.00407. The van der Waals surface area contributed by atoms with Crippen molar-refractivity contribution in [1.29, 1.82) is 0 Å². The number of hydrogen-bond donors (Lipinski definition) is 3. The van der Waals surface area contributed by atoms with Gasteiger partial charge in [-0.2, -0.15) is 0 Å². The standard InChI is InChI=1S/C28H28N4O8.C8H5NO3/c1-28(2,3)39-26(35)22(40-32-24(33)19-6-4-5-7-20(19)25(32)34)15-38-18-9-10-21-16(12-18)8-11-23(30-21)29-17-13-31(14-17)27(36)37;10-7-5-3-1-2-4-6(5)8(11)9(7)12/h4-12,17,22H,13-15H2,1-3H3,(H,29,30)(H,36,37);1-4,12H. The van der Waals surface area contributed by atoms with Crippen LogP contribution in [0.2, 0.25) is 0 Å². The van der Waals surface area contributed by atoms with E-state index in [0.29, 0.717) is 35.2 Å². The fraction of sp³-hybridized carbons (Fsp3) is 0.250. The normalized spacial score (nSPS) is 15.8. The van der Waals surface area contributed by atoms with Gasteiger partial charge in [0.25, 0.3) is 23.6 Å². The maximum Gasteiger partial charge on any atom is 0.407 e. The highest BCUT2D eigenvalue weighted by molar-refractivity contribution is 6.21. The van der Waals surface area contributed by atoms with Gasteiger partial charge in [-0.3, -0.25) is 24.4 Å². The van der Waals surface area contributed by atoms with Crippen LogP contribution in [0.1, 0.15) is 62.2 Å². The first-order valence-electron chi connectivity index (χ1n) is 16.0. The summed E-state index contributed by atoms with van der Waals surface area (Å²) in [7, 11) is 0. The van der Waals surface area contributed by atoms with Crippen molar-refractivity contribution in [2.45, 2.75) is 38.5 Å². The summed E-state index contributed by atoms with van der Waals surface area (Å²) in [6.07, 6.45) is -2.35. The van der Waals surface area contributed by atoms with Gasteiger partial charge in [-0.15, -0.1) is 10.1 Å². The number of ether oxygens (including phenoxy) is 2. The Morgan fingerprint density at radius 3 is 1.94 bits per heavy atom. The third-order valence-corrected chi connectivity index (χ3v) is 8.00. The Morgan fingerprint density at radius 1 is 0.846 bits per heavy atom. The lowest BCUT2D eigenvalue weighted by Crippen LogP contribution is -2.56. The van der Waals surface area contributed by atoms with E-state index in [0.717, 1.165) is 5.39 Å². The number of aromatic nitrogens is 1. The molecule has 0 spiro atoms. The Balaban J connectivity index is 0.000000325. The molecule has 1 fully saturated rings. The van der Waals surface area contributed by atoms with E-state index in [2.05, 4.69) is 10.3 Å². The predicted octanol–water partition coefficient (Wildman–Crippen LogP) is 4.00. The molecule has 268 valence electrons. The van der Waals surface area contributed by atoms with Crippen LogP contribution in [0.15, 0.2) is 78.9 Å². The molecule has 1 aromatic heterocycles. The Kier molecular flexibility index (Phi) is 9.60. The van der Waals surface area contributed by atoms with Crippen LogP contribution >= 0.6 is 0 Å². The van der Waals surface area contributed by atoms with Crippen molar-refractivity contribution in [1.82, 2.24) is 20.0 Å². The van der Waals surface area contributed by atoms with Crippen LogP contribution in [0.4, 0.5) is 10.6 Å². The van der Waals surface area contributed by atoms with Gasteiger partial charge in [-0.1, -0.05) is 24.3 Å². The van der Waals surface area contributed by atoms with Gasteiger partial charge < -0.3 is 24.8 Å². The summed E-state index contributed by atoms with van der Waals surface area (Å²) >= 11 is 0. The van der Waals surface area contributed by atoms with Crippen LogP contribution in [0.5, 0.6) is 5.75 Å². The third-order valence-electron chi connectivity index (χ3n) is 8.00. The highest BCUT2D eigenvalue weighted by atomic mass is 16.7. The van der Waals surface area contributed by atoms with Crippen LogP contribution in [0.25, 0.3) is 10.9 Å². The number of hydrogen-bond acceptors (Lipinski definition) is 12. The molecule has 0 radical (unpaired) electrons. The van der Waals surface area contributed by atoms with Crippen molar-refractivity contribution >= 4 is 52.4 Å². The average Bonchev–Trinajstić information content (AvgIpc) is 3.46. The number of esters is 1. The number of anilines is 1. The number of likely N-dealkylation sites (tertiary alicyclic amines) is 1. The summed E-state index contributed by atoms with van der Waals surface area (Å²) in [5.74, 6) is -2.42. The molecule has 3 N–H and O–H groups in total. The zero-order valence-electron chi connectivity index (χ0n) is 28.1. The van der Waals surface area contributed by atoms with Crippen LogP contribution < -0.4 is 10.1 Å². The summed E-state index contributed by atoms with van der Waals surface area (Å²) in [6, 6.07) is 21.4. The second-order valence-corrected chi connectivity index (χ2v) is 12.9. The Morgan fingerprint density at radius 2 is 1.40 bits per heavy atom. The van der Waals surface area contributed by atoms with Crippen molar-refractivity contribution in [3.8, 4) is 5.75 Å². The van der Waals surface area contributed by atoms with E-state index in [1.807, 2.05) is 6.07 Å². The van der Waals surface area contributed by atoms with Gasteiger partial charge in [0.05, 0.1) is 33.8 Å². The molecule has 16 heteroatoms. The monoisotopic (exact) mass is 711 g/mol. The number of benzene rings is 3. The van der Waals surface area contributed by atoms with Gasteiger partial charge in [0.15, 0.2) is 0 Å². The van der Waals surface area contributed by atoms with Gasteiger partial charge in [0.1, 0.15) is 23.8 Å². The molecule has 0 bridgehead atoms. The number of carbonyl (C=O) groups excluding carboxylic acids is 5. The van der Waals surface area contributed by atoms with Crippen molar-refractivity contribution in [3.63, 3.8) is 0 Å². The number of imide groups is 2. The minimum Gasteiger partial charge on any atom is -0.490 e. The highest BCUT2D eigenvalue weighted by Crippen LogP contribution is 2.26. The fourth-order valence-electron chi connectivity index (χ4n) is 5.46. The van der Waals surface area contributed by atoms with E-state index in [4.69, 9.17) is 24.6 Å². The first-order valence-corrected chi connectivity index (χ1v) is 16.0. The summed E-state index contributed by atoms with van der Waals surface area (Å²) in [6.45, 7) is 5.53. The van der Waals surface area contributed by atoms with Gasteiger partial charge in [-0.05, 0) is 75.4 Å². The SMILES string of the molecule is CC(C)(C)OC(=O)C(COc1ccc2nc(NC3CN(C(=O)O)C3)ccc2c1)ON1C(=O)c2ccccc2C1=O.O=C1c2ccccc2C(=O)N1O. The minimum atomic E-state index is -1.41. The average molecular weight is 712 g/mol. The molecule has 16 nitrogen and oxygen atoms in total. The number of nitrogens with zero attached hydrogens (tertiary/aromatic N) is 4. The zero-order valence-corrected chi connectivity index (χ0v) is 28.1. The van der Waals surface area contributed by atoms with Gasteiger partial charge in [0.2, 0.25) is 6.10 Å². The number of amides is 5. The number of hydroxylamine groups is 4. The Hall–Kier alpha value is -6.39. The third kappa shape index (κ3) is 7.38. The largest absolute Gasteiger partial charge is 0.490 e. The van der Waals surface area contributed by atoms with E-state index in [-0.39, 0.29) is 40.0 Å². The fourth-order valence-corrected chi connectivity index (χ4v) is 5.46. The van der Waals surface area contributed by atoms with Crippen LogP contribution in [-0.2, 0) is 14.4 Å². The molecular formula is C36H33N5O11. The molecule has 4 heterocycles. The van der Waals surface area contributed by atoms with Crippen LogP contribution in [0.3, 0.4) is 0 Å². The van der Waals surface area contributed by atoms with Gasteiger partial charge in [-0.25, -0.2) is 19.4 Å². The van der Waals surface area contributed by atoms with Crippen molar-refractivity contribution in [2.75, 3.05) is 25.0 Å². The molecule has 4 aromatic rings. The first-order chi connectivity index (χ1) is 24.7. The zero-order chi connectivity index (χ0) is 37.3. The van der Waals surface area contributed by atoms with Gasteiger partial charge >= 0.3 is 12.1 Å². The number of fused-ring (bicyclic) bond motifs is 3. The second kappa shape index (κ2) is 14.1. The quantitative estimate of drug-likeness (QED) is 0.134. The lowest BCUT2D eigenvalue weighted by molar-refractivity contribution is -0.193. The molecule has 3 aliphatic rings. The van der Waals surface area contributed by atoms with Crippen molar-refractivity contribution in [3.05, 3.63) is 101 Å². The molecule has 52 heavy (non-hydrogen) atoms. The molecule has 0 aliphatic carbocycles. The molecule has 3 aliphatic heterocycles. The van der Waals surface area contributed by atoms with Gasteiger partial charge in [0, 0.05) is 18.5 Å². The van der Waals surface area contributed by atoms with E-state index < -0.39 is 47.4 Å². The second-order valence-electron chi connectivity index (χ2n) is 12.9. The van der Waals surface area contributed by atoms with Crippen LogP contribution in [0, 0.1) is 0 Å². The van der Waals surface area contributed by atoms with Crippen LogP contribution in [-0.4, -0.2) is 103 Å². The van der Waals surface area contributed by atoms with E-state index >= 15 is 0 Å². The molecule has 1 unspecified atom stereocenters. The lowest BCUT2D eigenvalue weighted by atomic mass is 10.1. The van der Waals surface area contributed by atoms with E-state index in [9.17, 15) is 28.8 Å². The highest BCUT2D eigenvalue weighted by Gasteiger charge is 2.41. The molecular weight excluding hydrogens is 678 g/mol. The number of pyridine rings is 1. The number of carboxylic acid groups (broad SMARTS) is 1. The number of nitrogens with one attached hydrogen (secondary N) is 1. The molecule has 1 saturated heterocycles. The molecule has 0 saturated carbocycles. The summed E-state index contributed by atoms with van der Waals surface area (Å²) in [4.78, 5) is 83.1. The predicted molar refractivity (Wildman–Crippen MR) is 181 cm³/mol. The molecule has 1 atom stereocenters. The summed E-state index contributed by atoms with van der Waals surface area (Å²) in [5.41, 5.74) is 0.715. The summed E-state index contributed by atoms with van der Waals surface area (Å²) < 4.78 is 11.3. The Labute approximate surface area is 296 Å². The topological polar surface area (TPSA) is 205 Å². The first kappa shape index (κ1) is 35.4. The number of carbonyl (C=O) groups is 6. The van der Waals surface area contributed by atoms with Crippen molar-refractivity contribution in [2.24, 2.45) is 0 Å². The smallest absolute Gasteiger partial charge is 0.407 e. The molecule has 5 amide bonds. The molecule has 7 rings (SSSR count). The maximum absolute atomic E-state index is 13.0. The lowest BCUT2D eigenvalue weighted by Gasteiger charge is -2.37. The van der Waals surface area contributed by atoms with E-state index in [1.165, 1.54) is 29.2 Å². The Bertz CT molecular complexity index is 2040. The van der Waals surface area contributed by atoms with Crippen molar-refractivity contribution < 1.29 is 53.4 Å². The molecule has 3 aromatic carbocycles. The maximum atomic E-state index is 13.0. The summed E-state index contributed by atoms with van der Waals surface area (Å²) in [5, 5.41) is 22.6. The number of rotatable bonds is 8. The van der Waals surface area contributed by atoms with E-state index in [1.54, 1.807) is 69.3 Å².